The van der Waals surface area contributed by atoms with E-state index in [1.807, 2.05) is 4.90 Å². The van der Waals surface area contributed by atoms with E-state index in [-0.39, 0.29) is 23.4 Å². The van der Waals surface area contributed by atoms with Crippen LogP contribution in [0.2, 0.25) is 0 Å². The molecular weight excluding hydrogens is 311 g/mol. The van der Waals surface area contributed by atoms with Gasteiger partial charge in [-0.3, -0.25) is 9.69 Å². The fraction of sp³-hybridized carbons (Fsp3) is 0.611. The van der Waals surface area contributed by atoms with Crippen LogP contribution in [-0.4, -0.2) is 68.3 Å². The molecule has 1 amide bonds. The zero-order valence-electron chi connectivity index (χ0n) is 14.1. The Hall–Kier alpha value is -1.66. The van der Waals surface area contributed by atoms with Gasteiger partial charge in [0, 0.05) is 32.7 Å². The third-order valence-corrected chi connectivity index (χ3v) is 4.83. The maximum Gasteiger partial charge on any atom is 0.227 e. The maximum absolute atomic E-state index is 13.5. The van der Waals surface area contributed by atoms with E-state index in [9.17, 15) is 9.18 Å². The highest BCUT2D eigenvalue weighted by molar-refractivity contribution is 5.79. The topological polar surface area (TPSA) is 42.0 Å². The number of ether oxygens (including phenoxy) is 2. The quantitative estimate of drug-likeness (QED) is 0.820. The first kappa shape index (κ1) is 17.2. The van der Waals surface area contributed by atoms with Crippen LogP contribution in [0.1, 0.15) is 6.92 Å². The van der Waals surface area contributed by atoms with Crippen LogP contribution < -0.4 is 4.74 Å². The van der Waals surface area contributed by atoms with E-state index in [0.717, 1.165) is 13.1 Å². The number of nitrogens with zero attached hydrogens (tertiary/aromatic N) is 2. The van der Waals surface area contributed by atoms with E-state index in [4.69, 9.17) is 9.47 Å². The minimum Gasteiger partial charge on any atom is -0.489 e. The standard InChI is InChI=1S/C18H25FN2O3/c1-14-12-20(6-11-24-17-5-3-2-4-16(17)19)13-15(14)18(22)21-7-9-23-10-8-21/h2-5,14-15H,6-13H2,1H3/t14-,15-/m1/s1. The van der Waals surface area contributed by atoms with E-state index < -0.39 is 0 Å². The number of benzene rings is 1. The van der Waals surface area contributed by atoms with Crippen molar-refractivity contribution in [3.8, 4) is 5.75 Å². The summed E-state index contributed by atoms with van der Waals surface area (Å²) >= 11 is 0. The molecule has 132 valence electrons. The maximum atomic E-state index is 13.5. The third kappa shape index (κ3) is 4.05. The molecule has 0 radical (unpaired) electrons. The highest BCUT2D eigenvalue weighted by Crippen LogP contribution is 2.25. The molecule has 0 bridgehead atoms. The molecule has 2 aliphatic heterocycles. The number of carbonyl (C=O) groups is 1. The molecule has 6 heteroatoms. The summed E-state index contributed by atoms with van der Waals surface area (Å²) in [5, 5.41) is 0. The summed E-state index contributed by atoms with van der Waals surface area (Å²) in [4.78, 5) is 16.8. The van der Waals surface area contributed by atoms with Crippen molar-refractivity contribution in [2.24, 2.45) is 11.8 Å². The van der Waals surface area contributed by atoms with Crippen molar-refractivity contribution in [1.29, 1.82) is 0 Å². The Kier molecular flexibility index (Phi) is 5.68. The minimum atomic E-state index is -0.340. The first-order valence-electron chi connectivity index (χ1n) is 8.61. The van der Waals surface area contributed by atoms with Crippen LogP contribution in [0.4, 0.5) is 4.39 Å². The summed E-state index contributed by atoms with van der Waals surface area (Å²) in [6.45, 7) is 7.52. The number of rotatable bonds is 5. The number of carbonyl (C=O) groups excluding carboxylic acids is 1. The van der Waals surface area contributed by atoms with Crippen molar-refractivity contribution in [2.75, 3.05) is 52.5 Å². The Labute approximate surface area is 142 Å². The van der Waals surface area contributed by atoms with Crippen LogP contribution in [0.15, 0.2) is 24.3 Å². The first-order chi connectivity index (χ1) is 11.6. The average Bonchev–Trinajstić information content (AvgIpc) is 2.97. The number of halogens is 1. The molecule has 3 rings (SSSR count). The van der Waals surface area contributed by atoms with Crippen molar-refractivity contribution in [1.82, 2.24) is 9.80 Å². The Morgan fingerprint density at radius 2 is 2.04 bits per heavy atom. The predicted octanol–water partition coefficient (Wildman–Crippen LogP) is 1.63. The second-order valence-corrected chi connectivity index (χ2v) is 6.56. The lowest BCUT2D eigenvalue weighted by Crippen LogP contribution is -2.45. The van der Waals surface area contributed by atoms with Crippen molar-refractivity contribution in [3.05, 3.63) is 30.1 Å². The van der Waals surface area contributed by atoms with Crippen LogP contribution in [0.3, 0.4) is 0 Å². The minimum absolute atomic E-state index is 0.0385. The van der Waals surface area contributed by atoms with Gasteiger partial charge in [-0.25, -0.2) is 4.39 Å². The fourth-order valence-corrected chi connectivity index (χ4v) is 3.44. The summed E-state index contributed by atoms with van der Waals surface area (Å²) in [6, 6.07) is 6.43. The molecule has 0 unspecified atom stereocenters. The number of morpholine rings is 1. The van der Waals surface area contributed by atoms with Gasteiger partial charge in [-0.1, -0.05) is 19.1 Å². The van der Waals surface area contributed by atoms with Gasteiger partial charge in [0.15, 0.2) is 11.6 Å². The lowest BCUT2D eigenvalue weighted by molar-refractivity contribution is -0.140. The molecule has 2 fully saturated rings. The lowest BCUT2D eigenvalue weighted by atomic mass is 9.96. The van der Waals surface area contributed by atoms with E-state index in [1.54, 1.807) is 18.2 Å². The summed E-state index contributed by atoms with van der Waals surface area (Å²) in [6.07, 6.45) is 0. The number of hydrogen-bond donors (Lipinski definition) is 0. The highest BCUT2D eigenvalue weighted by atomic mass is 19.1. The van der Waals surface area contributed by atoms with Crippen LogP contribution in [0, 0.1) is 17.7 Å². The molecule has 2 atom stereocenters. The van der Waals surface area contributed by atoms with Crippen LogP contribution >= 0.6 is 0 Å². The summed E-state index contributed by atoms with van der Waals surface area (Å²) in [5.41, 5.74) is 0. The molecule has 1 aromatic rings. The van der Waals surface area contributed by atoms with Crippen LogP contribution in [0.25, 0.3) is 0 Å². The third-order valence-electron chi connectivity index (χ3n) is 4.83. The summed E-state index contributed by atoms with van der Waals surface area (Å²) < 4.78 is 24.4. The summed E-state index contributed by atoms with van der Waals surface area (Å²) in [7, 11) is 0. The Morgan fingerprint density at radius 1 is 1.29 bits per heavy atom. The van der Waals surface area contributed by atoms with Gasteiger partial charge in [0.1, 0.15) is 6.61 Å². The van der Waals surface area contributed by atoms with Gasteiger partial charge in [0.05, 0.1) is 19.1 Å². The second-order valence-electron chi connectivity index (χ2n) is 6.56. The van der Waals surface area contributed by atoms with E-state index in [2.05, 4.69) is 11.8 Å². The van der Waals surface area contributed by atoms with Crippen LogP contribution in [-0.2, 0) is 9.53 Å². The van der Waals surface area contributed by atoms with Gasteiger partial charge >= 0.3 is 0 Å². The predicted molar refractivity (Wildman–Crippen MR) is 88.4 cm³/mol. The fourth-order valence-electron chi connectivity index (χ4n) is 3.44. The second kappa shape index (κ2) is 7.94. The van der Waals surface area contributed by atoms with Gasteiger partial charge in [0.25, 0.3) is 0 Å². The lowest BCUT2D eigenvalue weighted by Gasteiger charge is -2.30. The molecule has 5 nitrogen and oxygen atoms in total. The molecule has 0 spiro atoms. The highest BCUT2D eigenvalue weighted by Gasteiger charge is 2.37. The molecule has 1 aromatic carbocycles. The number of amides is 1. The molecule has 2 heterocycles. The van der Waals surface area contributed by atoms with Crippen molar-refractivity contribution >= 4 is 5.91 Å². The molecule has 0 N–H and O–H groups in total. The average molecular weight is 336 g/mol. The molecule has 2 aliphatic rings. The van der Waals surface area contributed by atoms with Crippen molar-refractivity contribution in [2.45, 2.75) is 6.92 Å². The van der Waals surface area contributed by atoms with Crippen molar-refractivity contribution in [3.63, 3.8) is 0 Å². The number of hydrogen-bond acceptors (Lipinski definition) is 4. The van der Waals surface area contributed by atoms with Gasteiger partial charge < -0.3 is 14.4 Å². The van der Waals surface area contributed by atoms with Gasteiger partial charge in [0.2, 0.25) is 5.91 Å². The SMILES string of the molecule is C[C@@H]1CN(CCOc2ccccc2F)C[C@H]1C(=O)N1CCOCC1. The zero-order valence-corrected chi connectivity index (χ0v) is 14.1. The normalized spacial score (nSPS) is 25.0. The smallest absolute Gasteiger partial charge is 0.227 e. The van der Waals surface area contributed by atoms with E-state index in [1.165, 1.54) is 6.07 Å². The van der Waals surface area contributed by atoms with E-state index >= 15 is 0 Å². The molecule has 2 saturated heterocycles. The van der Waals surface area contributed by atoms with E-state index in [0.29, 0.717) is 45.4 Å². The first-order valence-corrected chi connectivity index (χ1v) is 8.61. The Balaban J connectivity index is 1.47. The monoisotopic (exact) mass is 336 g/mol. The van der Waals surface area contributed by atoms with Gasteiger partial charge in [-0.15, -0.1) is 0 Å². The zero-order chi connectivity index (χ0) is 16.9. The van der Waals surface area contributed by atoms with Gasteiger partial charge in [-0.2, -0.15) is 0 Å². The van der Waals surface area contributed by atoms with Gasteiger partial charge in [-0.05, 0) is 18.1 Å². The number of likely N-dealkylation sites (tertiary alicyclic amines) is 1. The number of para-hydroxylation sites is 1. The molecule has 0 saturated carbocycles. The van der Waals surface area contributed by atoms with Crippen molar-refractivity contribution < 1.29 is 18.7 Å². The summed E-state index contributed by atoms with van der Waals surface area (Å²) in [5.74, 6) is 0.548. The van der Waals surface area contributed by atoms with Crippen LogP contribution in [0.5, 0.6) is 5.75 Å². The molecule has 0 aliphatic carbocycles. The molecule has 24 heavy (non-hydrogen) atoms. The Bertz CT molecular complexity index is 563. The molecular formula is C18H25FN2O3. The Morgan fingerprint density at radius 3 is 2.79 bits per heavy atom. The molecule has 0 aromatic heterocycles. The largest absolute Gasteiger partial charge is 0.489 e.